The Morgan fingerprint density at radius 3 is 2.64 bits per heavy atom. The van der Waals surface area contributed by atoms with E-state index in [4.69, 9.17) is 4.74 Å². The SMILES string of the molecule is COc1cccc(-c2csc(C(=O)NCC3CCN(Cc4ccc(C(C)(C)C)cc4)C3)c2)c1. The second-order valence-electron chi connectivity index (χ2n) is 9.98. The first-order valence-electron chi connectivity index (χ1n) is 11.6. The zero-order valence-corrected chi connectivity index (χ0v) is 20.9. The number of carbonyl (C=O) groups excluding carboxylic acids is 1. The second-order valence-corrected chi connectivity index (χ2v) is 10.9. The number of nitrogens with one attached hydrogen (secondary N) is 1. The fourth-order valence-electron chi connectivity index (χ4n) is 4.32. The smallest absolute Gasteiger partial charge is 0.261 e. The predicted octanol–water partition coefficient (Wildman–Crippen LogP) is 5.97. The van der Waals surface area contributed by atoms with Gasteiger partial charge < -0.3 is 10.1 Å². The summed E-state index contributed by atoms with van der Waals surface area (Å²) < 4.78 is 5.31. The van der Waals surface area contributed by atoms with Crippen LogP contribution in [-0.4, -0.2) is 37.6 Å². The fraction of sp³-hybridized carbons (Fsp3) is 0.393. The summed E-state index contributed by atoms with van der Waals surface area (Å²) in [7, 11) is 1.67. The van der Waals surface area contributed by atoms with Crippen LogP contribution in [0, 0.1) is 5.92 Å². The van der Waals surface area contributed by atoms with E-state index >= 15 is 0 Å². The molecule has 174 valence electrons. The summed E-state index contributed by atoms with van der Waals surface area (Å²) in [6.07, 6.45) is 1.12. The first kappa shape index (κ1) is 23.5. The van der Waals surface area contributed by atoms with Crippen molar-refractivity contribution in [2.24, 2.45) is 5.92 Å². The van der Waals surface area contributed by atoms with Gasteiger partial charge in [0, 0.05) is 19.6 Å². The van der Waals surface area contributed by atoms with Gasteiger partial charge in [-0.05, 0) is 70.1 Å². The third-order valence-corrected chi connectivity index (χ3v) is 7.30. The van der Waals surface area contributed by atoms with Crippen LogP contribution in [0.15, 0.2) is 60.0 Å². The molecule has 2 aromatic carbocycles. The van der Waals surface area contributed by atoms with Crippen LogP contribution < -0.4 is 10.1 Å². The standard InChI is InChI=1S/C28H34N2O2S/c1-28(2,3)24-10-8-20(9-11-24)17-30-13-12-21(18-30)16-29-27(31)26-15-23(19-33-26)22-6-5-7-25(14-22)32-4/h5-11,14-15,19,21H,12-13,16-18H2,1-4H3,(H,29,31). The van der Waals surface area contributed by atoms with E-state index in [1.165, 1.54) is 22.5 Å². The molecular weight excluding hydrogens is 428 g/mol. The number of benzene rings is 2. The molecule has 33 heavy (non-hydrogen) atoms. The number of thiophene rings is 1. The van der Waals surface area contributed by atoms with Crippen LogP contribution in [0.1, 0.15) is 48.0 Å². The van der Waals surface area contributed by atoms with Crippen LogP contribution in [0.4, 0.5) is 0 Å². The number of amides is 1. The zero-order valence-electron chi connectivity index (χ0n) is 20.1. The molecule has 1 atom stereocenters. The molecule has 1 aromatic heterocycles. The van der Waals surface area contributed by atoms with E-state index in [1.807, 2.05) is 35.7 Å². The second kappa shape index (κ2) is 10.1. The Morgan fingerprint density at radius 2 is 1.91 bits per heavy atom. The lowest BCUT2D eigenvalue weighted by Gasteiger charge is -2.20. The summed E-state index contributed by atoms with van der Waals surface area (Å²) >= 11 is 1.49. The molecule has 0 saturated carbocycles. The number of rotatable bonds is 7. The van der Waals surface area contributed by atoms with Crippen molar-refractivity contribution in [2.75, 3.05) is 26.7 Å². The van der Waals surface area contributed by atoms with E-state index in [9.17, 15) is 4.79 Å². The van der Waals surface area contributed by atoms with E-state index < -0.39 is 0 Å². The summed E-state index contributed by atoms with van der Waals surface area (Å²) in [4.78, 5) is 16.0. The van der Waals surface area contributed by atoms with Gasteiger partial charge in [-0.15, -0.1) is 11.3 Å². The molecule has 3 aromatic rings. The molecule has 5 heteroatoms. The zero-order chi connectivity index (χ0) is 23.4. The largest absolute Gasteiger partial charge is 0.497 e. The van der Waals surface area contributed by atoms with Gasteiger partial charge in [0.1, 0.15) is 5.75 Å². The molecule has 1 saturated heterocycles. The van der Waals surface area contributed by atoms with Crippen LogP contribution in [0.5, 0.6) is 5.75 Å². The molecule has 0 aliphatic carbocycles. The lowest BCUT2D eigenvalue weighted by atomic mass is 9.87. The molecule has 1 aliphatic rings. The summed E-state index contributed by atoms with van der Waals surface area (Å²) in [5.41, 5.74) is 5.03. The van der Waals surface area contributed by atoms with Crippen molar-refractivity contribution in [1.29, 1.82) is 0 Å². The quantitative estimate of drug-likeness (QED) is 0.470. The molecule has 4 rings (SSSR count). The number of hydrogen-bond acceptors (Lipinski definition) is 4. The highest BCUT2D eigenvalue weighted by molar-refractivity contribution is 7.12. The normalized spacial score (nSPS) is 16.7. The number of methoxy groups -OCH3 is 1. The molecule has 1 amide bonds. The van der Waals surface area contributed by atoms with E-state index in [2.05, 4.69) is 55.3 Å². The summed E-state index contributed by atoms with van der Waals surface area (Å²) in [5, 5.41) is 5.19. The fourth-order valence-corrected chi connectivity index (χ4v) is 5.16. The third kappa shape index (κ3) is 6.04. The lowest BCUT2D eigenvalue weighted by molar-refractivity contribution is 0.0951. The van der Waals surface area contributed by atoms with Crippen LogP contribution >= 0.6 is 11.3 Å². The number of hydrogen-bond donors (Lipinski definition) is 1. The first-order valence-corrected chi connectivity index (χ1v) is 12.5. The van der Waals surface area contributed by atoms with E-state index in [0.717, 1.165) is 54.4 Å². The monoisotopic (exact) mass is 462 g/mol. The number of nitrogens with zero attached hydrogens (tertiary/aromatic N) is 1. The molecule has 1 unspecified atom stereocenters. The minimum atomic E-state index is 0.0189. The molecule has 1 fully saturated rings. The third-order valence-electron chi connectivity index (χ3n) is 6.37. The van der Waals surface area contributed by atoms with Crippen LogP contribution in [0.2, 0.25) is 0 Å². The Bertz CT molecular complexity index is 1080. The molecule has 4 nitrogen and oxygen atoms in total. The Balaban J connectivity index is 1.26. The number of carbonyl (C=O) groups is 1. The van der Waals surface area contributed by atoms with Crippen LogP contribution in [-0.2, 0) is 12.0 Å². The number of ether oxygens (including phenoxy) is 1. The van der Waals surface area contributed by atoms with Gasteiger partial charge in [-0.25, -0.2) is 0 Å². The average Bonchev–Trinajstić information content (AvgIpc) is 3.47. The maximum Gasteiger partial charge on any atom is 0.261 e. The minimum absolute atomic E-state index is 0.0189. The van der Waals surface area contributed by atoms with Gasteiger partial charge in [0.05, 0.1) is 12.0 Å². The van der Waals surface area contributed by atoms with Crippen molar-refractivity contribution < 1.29 is 9.53 Å². The van der Waals surface area contributed by atoms with Crippen molar-refractivity contribution in [1.82, 2.24) is 10.2 Å². The van der Waals surface area contributed by atoms with Gasteiger partial charge in [-0.1, -0.05) is 57.2 Å². The Labute approximate surface area is 201 Å². The van der Waals surface area contributed by atoms with Crippen molar-refractivity contribution in [3.8, 4) is 16.9 Å². The van der Waals surface area contributed by atoms with Crippen molar-refractivity contribution in [2.45, 2.75) is 39.2 Å². The summed E-state index contributed by atoms with van der Waals surface area (Å²) in [6, 6.07) is 18.9. The maximum absolute atomic E-state index is 12.7. The van der Waals surface area contributed by atoms with E-state index in [-0.39, 0.29) is 11.3 Å². The van der Waals surface area contributed by atoms with Crippen LogP contribution in [0.3, 0.4) is 0 Å². The molecule has 1 N–H and O–H groups in total. The van der Waals surface area contributed by atoms with E-state index in [0.29, 0.717) is 5.92 Å². The predicted molar refractivity (Wildman–Crippen MR) is 137 cm³/mol. The van der Waals surface area contributed by atoms with Crippen molar-refractivity contribution >= 4 is 17.2 Å². The van der Waals surface area contributed by atoms with Gasteiger partial charge in [0.15, 0.2) is 0 Å². The number of likely N-dealkylation sites (tertiary alicyclic amines) is 1. The van der Waals surface area contributed by atoms with Crippen molar-refractivity contribution in [3.05, 3.63) is 76.0 Å². The lowest BCUT2D eigenvalue weighted by Crippen LogP contribution is -2.30. The van der Waals surface area contributed by atoms with Crippen LogP contribution in [0.25, 0.3) is 11.1 Å². The Hall–Kier alpha value is -2.63. The van der Waals surface area contributed by atoms with Crippen molar-refractivity contribution in [3.63, 3.8) is 0 Å². The average molecular weight is 463 g/mol. The minimum Gasteiger partial charge on any atom is -0.497 e. The van der Waals surface area contributed by atoms with Gasteiger partial charge in [0.25, 0.3) is 5.91 Å². The Morgan fingerprint density at radius 1 is 1.12 bits per heavy atom. The van der Waals surface area contributed by atoms with Gasteiger partial charge in [-0.3, -0.25) is 9.69 Å². The topological polar surface area (TPSA) is 41.6 Å². The summed E-state index contributed by atoms with van der Waals surface area (Å²) in [5.74, 6) is 1.34. The molecule has 0 spiro atoms. The summed E-state index contributed by atoms with van der Waals surface area (Å²) in [6.45, 7) is 10.6. The molecule has 0 radical (unpaired) electrons. The highest BCUT2D eigenvalue weighted by Crippen LogP contribution is 2.28. The first-order chi connectivity index (χ1) is 15.8. The molecule has 1 aliphatic heterocycles. The molecular formula is C28H34N2O2S. The van der Waals surface area contributed by atoms with Gasteiger partial charge in [-0.2, -0.15) is 0 Å². The maximum atomic E-state index is 12.7. The molecule has 0 bridgehead atoms. The van der Waals surface area contributed by atoms with Gasteiger partial charge in [0.2, 0.25) is 0 Å². The highest BCUT2D eigenvalue weighted by Gasteiger charge is 2.23. The molecule has 2 heterocycles. The highest BCUT2D eigenvalue weighted by atomic mass is 32.1. The Kier molecular flexibility index (Phi) is 7.20. The van der Waals surface area contributed by atoms with Gasteiger partial charge >= 0.3 is 0 Å². The van der Waals surface area contributed by atoms with E-state index in [1.54, 1.807) is 7.11 Å².